The van der Waals surface area contributed by atoms with E-state index in [0.29, 0.717) is 19.2 Å². The van der Waals surface area contributed by atoms with E-state index in [0.717, 1.165) is 36.6 Å². The number of rotatable bonds is 7. The molecule has 2 aromatic rings. The molecule has 1 N–H and O–H groups in total. The molecule has 1 atom stereocenters. The minimum Gasteiger partial charge on any atom is -0.494 e. The fourth-order valence-electron chi connectivity index (χ4n) is 3.44. The van der Waals surface area contributed by atoms with Gasteiger partial charge in [-0.05, 0) is 56.1 Å². The first-order valence-corrected chi connectivity index (χ1v) is 9.31. The molecule has 138 valence electrons. The number of nitrogens with zero attached hydrogens (tertiary/aromatic N) is 2. The largest absolute Gasteiger partial charge is 0.494 e. The smallest absolute Gasteiger partial charge is 0.217 e. The van der Waals surface area contributed by atoms with Crippen LogP contribution in [0.15, 0.2) is 42.5 Å². The second-order valence-electron chi connectivity index (χ2n) is 6.67. The number of carbonyl (C=O) groups excluding carboxylic acids is 1. The van der Waals surface area contributed by atoms with Crippen molar-refractivity contribution in [2.24, 2.45) is 0 Å². The molecule has 0 bridgehead atoms. The van der Waals surface area contributed by atoms with Gasteiger partial charge in [0.05, 0.1) is 30.6 Å². The fraction of sp³-hybridized carbons (Fsp3) is 0.429. The Hall–Kier alpha value is -2.40. The Labute approximate surface area is 155 Å². The molecule has 1 amide bonds. The first kappa shape index (κ1) is 18.4. The Morgan fingerprint density at radius 3 is 2.81 bits per heavy atom. The van der Waals surface area contributed by atoms with Crippen LogP contribution in [0, 0.1) is 0 Å². The Morgan fingerprint density at radius 2 is 2.08 bits per heavy atom. The topological polar surface area (TPSA) is 54.5 Å². The minimum atomic E-state index is -0.0322. The zero-order valence-electron chi connectivity index (χ0n) is 15.6. The van der Waals surface area contributed by atoms with Gasteiger partial charge in [0, 0.05) is 13.5 Å². The number of carbonyl (C=O) groups is 1. The Bertz CT molecular complexity index is 730. The van der Waals surface area contributed by atoms with Crippen LogP contribution in [-0.4, -0.2) is 28.9 Å². The van der Waals surface area contributed by atoms with E-state index in [9.17, 15) is 4.79 Å². The summed E-state index contributed by atoms with van der Waals surface area (Å²) in [6.07, 6.45) is 2.30. The standard InChI is InChI=1S/C21H27N3O2/c1-3-26-19-11-9-17(10-12-19)15-24-13-5-8-21(24)20-7-4-6-18(23-20)14-22-16(2)25/h4,6-7,9-12,21H,3,5,8,13-15H2,1-2H3,(H,22,25). The lowest BCUT2D eigenvalue weighted by atomic mass is 10.1. The van der Waals surface area contributed by atoms with Gasteiger partial charge in [-0.1, -0.05) is 18.2 Å². The van der Waals surface area contributed by atoms with Gasteiger partial charge in [-0.15, -0.1) is 0 Å². The van der Waals surface area contributed by atoms with Gasteiger partial charge in [-0.25, -0.2) is 0 Å². The third kappa shape index (κ3) is 4.82. The average molecular weight is 353 g/mol. The third-order valence-electron chi connectivity index (χ3n) is 4.67. The number of likely N-dealkylation sites (tertiary alicyclic amines) is 1. The molecule has 1 aliphatic rings. The van der Waals surface area contributed by atoms with E-state index in [-0.39, 0.29) is 5.91 Å². The average Bonchev–Trinajstić information content (AvgIpc) is 3.10. The van der Waals surface area contributed by atoms with Crippen LogP contribution in [0.3, 0.4) is 0 Å². The number of hydrogen-bond donors (Lipinski definition) is 1. The lowest BCUT2D eigenvalue weighted by Gasteiger charge is -2.24. The van der Waals surface area contributed by atoms with Crippen LogP contribution >= 0.6 is 0 Å². The van der Waals surface area contributed by atoms with Crippen molar-refractivity contribution in [2.45, 2.75) is 45.8 Å². The van der Waals surface area contributed by atoms with Crippen LogP contribution in [0.1, 0.15) is 49.7 Å². The third-order valence-corrected chi connectivity index (χ3v) is 4.67. The lowest BCUT2D eigenvalue weighted by molar-refractivity contribution is -0.119. The Morgan fingerprint density at radius 1 is 1.27 bits per heavy atom. The molecule has 5 heteroatoms. The predicted molar refractivity (Wildman–Crippen MR) is 102 cm³/mol. The normalized spacial score (nSPS) is 17.2. The molecule has 2 heterocycles. The fourth-order valence-corrected chi connectivity index (χ4v) is 3.44. The summed E-state index contributed by atoms with van der Waals surface area (Å²) in [6, 6.07) is 14.8. The zero-order chi connectivity index (χ0) is 18.4. The molecule has 1 unspecified atom stereocenters. The molecule has 1 aromatic heterocycles. The van der Waals surface area contributed by atoms with Gasteiger partial charge in [0.15, 0.2) is 0 Å². The number of hydrogen-bond acceptors (Lipinski definition) is 4. The first-order valence-electron chi connectivity index (χ1n) is 9.31. The molecule has 26 heavy (non-hydrogen) atoms. The highest BCUT2D eigenvalue weighted by atomic mass is 16.5. The minimum absolute atomic E-state index is 0.0322. The van der Waals surface area contributed by atoms with Crippen molar-refractivity contribution in [2.75, 3.05) is 13.2 Å². The summed E-state index contributed by atoms with van der Waals surface area (Å²) < 4.78 is 5.52. The van der Waals surface area contributed by atoms with E-state index in [2.05, 4.69) is 28.4 Å². The maximum Gasteiger partial charge on any atom is 0.217 e. The zero-order valence-corrected chi connectivity index (χ0v) is 15.6. The van der Waals surface area contributed by atoms with Crippen molar-refractivity contribution >= 4 is 5.91 Å². The number of ether oxygens (including phenoxy) is 1. The molecule has 0 saturated carbocycles. The Balaban J connectivity index is 1.67. The van der Waals surface area contributed by atoms with E-state index in [1.165, 1.54) is 18.9 Å². The summed E-state index contributed by atoms with van der Waals surface area (Å²) in [6.45, 7) is 6.68. The molecule has 0 aliphatic carbocycles. The molecular weight excluding hydrogens is 326 g/mol. The number of nitrogens with one attached hydrogen (secondary N) is 1. The van der Waals surface area contributed by atoms with Gasteiger partial charge < -0.3 is 10.1 Å². The maximum absolute atomic E-state index is 11.1. The lowest BCUT2D eigenvalue weighted by Crippen LogP contribution is -2.24. The van der Waals surface area contributed by atoms with Gasteiger partial charge in [0.25, 0.3) is 0 Å². The van der Waals surface area contributed by atoms with E-state index in [4.69, 9.17) is 9.72 Å². The molecule has 5 nitrogen and oxygen atoms in total. The molecule has 1 aromatic carbocycles. The van der Waals surface area contributed by atoms with Gasteiger partial charge >= 0.3 is 0 Å². The molecule has 1 aliphatic heterocycles. The maximum atomic E-state index is 11.1. The summed E-state index contributed by atoms with van der Waals surface area (Å²) >= 11 is 0. The van der Waals surface area contributed by atoms with Gasteiger partial charge in [-0.3, -0.25) is 14.7 Å². The van der Waals surface area contributed by atoms with Crippen LogP contribution in [0.5, 0.6) is 5.75 Å². The second-order valence-corrected chi connectivity index (χ2v) is 6.67. The summed E-state index contributed by atoms with van der Waals surface area (Å²) in [7, 11) is 0. The molecule has 0 radical (unpaired) electrons. The second kappa shape index (κ2) is 8.81. The van der Waals surface area contributed by atoms with Crippen LogP contribution in [0.25, 0.3) is 0 Å². The highest BCUT2D eigenvalue weighted by molar-refractivity contribution is 5.72. The monoisotopic (exact) mass is 353 g/mol. The number of benzene rings is 1. The number of amides is 1. The molecular formula is C21H27N3O2. The van der Waals surface area contributed by atoms with E-state index >= 15 is 0 Å². The van der Waals surface area contributed by atoms with Crippen molar-refractivity contribution in [1.82, 2.24) is 15.2 Å². The van der Waals surface area contributed by atoms with Crippen molar-refractivity contribution in [3.8, 4) is 5.75 Å². The summed E-state index contributed by atoms with van der Waals surface area (Å²) in [5.41, 5.74) is 3.29. The molecule has 1 saturated heterocycles. The SMILES string of the molecule is CCOc1ccc(CN2CCCC2c2cccc(CNC(C)=O)n2)cc1. The van der Waals surface area contributed by atoms with Crippen LogP contribution in [-0.2, 0) is 17.9 Å². The first-order chi connectivity index (χ1) is 12.7. The molecule has 1 fully saturated rings. The van der Waals surface area contributed by atoms with Crippen molar-refractivity contribution < 1.29 is 9.53 Å². The number of aromatic nitrogens is 1. The summed E-state index contributed by atoms with van der Waals surface area (Å²) in [5, 5.41) is 2.82. The van der Waals surface area contributed by atoms with Crippen molar-refractivity contribution in [3.63, 3.8) is 0 Å². The van der Waals surface area contributed by atoms with Crippen LogP contribution in [0.2, 0.25) is 0 Å². The van der Waals surface area contributed by atoms with E-state index in [1.54, 1.807) is 0 Å². The van der Waals surface area contributed by atoms with Gasteiger partial charge in [-0.2, -0.15) is 0 Å². The van der Waals surface area contributed by atoms with Crippen molar-refractivity contribution in [3.05, 3.63) is 59.4 Å². The summed E-state index contributed by atoms with van der Waals surface area (Å²) in [5.74, 6) is 0.886. The van der Waals surface area contributed by atoms with Gasteiger partial charge in [0.2, 0.25) is 5.91 Å². The van der Waals surface area contributed by atoms with Gasteiger partial charge in [0.1, 0.15) is 5.75 Å². The van der Waals surface area contributed by atoms with E-state index in [1.807, 2.05) is 31.2 Å². The highest BCUT2D eigenvalue weighted by Gasteiger charge is 2.27. The Kier molecular flexibility index (Phi) is 6.23. The number of pyridine rings is 1. The quantitative estimate of drug-likeness (QED) is 0.828. The molecule has 3 rings (SSSR count). The van der Waals surface area contributed by atoms with Crippen LogP contribution < -0.4 is 10.1 Å². The van der Waals surface area contributed by atoms with E-state index < -0.39 is 0 Å². The molecule has 0 spiro atoms. The highest BCUT2D eigenvalue weighted by Crippen LogP contribution is 2.32. The predicted octanol–water partition coefficient (Wildman–Crippen LogP) is 3.45. The summed E-state index contributed by atoms with van der Waals surface area (Å²) in [4.78, 5) is 18.4. The van der Waals surface area contributed by atoms with Crippen molar-refractivity contribution in [1.29, 1.82) is 0 Å². The van der Waals surface area contributed by atoms with Crippen LogP contribution in [0.4, 0.5) is 0 Å².